The summed E-state index contributed by atoms with van der Waals surface area (Å²) in [7, 11) is -3.03. The van der Waals surface area contributed by atoms with Gasteiger partial charge in [-0.2, -0.15) is 4.31 Å². The molecule has 86 valence electrons. The minimum absolute atomic E-state index is 0.233. The summed E-state index contributed by atoms with van der Waals surface area (Å²) in [6.07, 6.45) is 7.21. The van der Waals surface area contributed by atoms with Crippen molar-refractivity contribution in [2.75, 3.05) is 25.4 Å². The van der Waals surface area contributed by atoms with Crippen LogP contribution in [-0.2, 0) is 10.0 Å². The highest BCUT2D eigenvalue weighted by atomic mass is 32.2. The Morgan fingerprint density at radius 1 is 1.33 bits per heavy atom. The molecule has 0 saturated heterocycles. The molecule has 0 radical (unpaired) electrons. The zero-order valence-corrected chi connectivity index (χ0v) is 9.67. The van der Waals surface area contributed by atoms with E-state index < -0.39 is 10.0 Å². The van der Waals surface area contributed by atoms with Crippen LogP contribution in [0.15, 0.2) is 12.2 Å². The Bertz CT molecular complexity index is 333. The molecule has 0 unspecified atom stereocenters. The van der Waals surface area contributed by atoms with Crippen LogP contribution in [0.5, 0.6) is 0 Å². The molecule has 0 aromatic rings. The normalized spacial score (nSPS) is 23.2. The van der Waals surface area contributed by atoms with Crippen molar-refractivity contribution in [2.45, 2.75) is 25.3 Å². The van der Waals surface area contributed by atoms with Gasteiger partial charge >= 0.3 is 0 Å². The minimum Gasteiger partial charge on any atom is -0.313 e. The zero-order chi connectivity index (χ0) is 10.7. The molecule has 2 aliphatic rings. The van der Waals surface area contributed by atoms with Gasteiger partial charge in [-0.05, 0) is 19.3 Å². The number of sulfonamides is 1. The molecular formula is C10H18N2O2S. The third-order valence-electron chi connectivity index (χ3n) is 2.78. The zero-order valence-electron chi connectivity index (χ0n) is 8.85. The van der Waals surface area contributed by atoms with Crippen molar-refractivity contribution in [1.29, 1.82) is 0 Å². The van der Waals surface area contributed by atoms with Crippen LogP contribution in [0.2, 0.25) is 0 Å². The predicted octanol–water partition coefficient (Wildman–Crippen LogP) is 0.330. The van der Waals surface area contributed by atoms with Crippen molar-refractivity contribution in [3.05, 3.63) is 12.2 Å². The second-order valence-electron chi connectivity index (χ2n) is 4.16. The fourth-order valence-corrected chi connectivity index (χ4v) is 3.01. The molecule has 1 N–H and O–H groups in total. The van der Waals surface area contributed by atoms with Gasteiger partial charge in [0.2, 0.25) is 10.0 Å². The third-order valence-corrected chi connectivity index (χ3v) is 4.62. The maximum atomic E-state index is 11.8. The van der Waals surface area contributed by atoms with E-state index >= 15 is 0 Å². The topological polar surface area (TPSA) is 49.4 Å². The first-order chi connectivity index (χ1) is 7.18. The summed E-state index contributed by atoms with van der Waals surface area (Å²) < 4.78 is 25.3. The summed E-state index contributed by atoms with van der Waals surface area (Å²) in [5.74, 6) is 0.233. The molecule has 2 rings (SSSR count). The van der Waals surface area contributed by atoms with Gasteiger partial charge in [0, 0.05) is 25.7 Å². The maximum absolute atomic E-state index is 11.8. The van der Waals surface area contributed by atoms with E-state index in [0.717, 1.165) is 6.42 Å². The highest BCUT2D eigenvalue weighted by Crippen LogP contribution is 2.18. The molecule has 1 aliphatic heterocycles. The van der Waals surface area contributed by atoms with Gasteiger partial charge in [0.05, 0.1) is 5.75 Å². The second-order valence-corrected chi connectivity index (χ2v) is 6.25. The minimum atomic E-state index is -3.03. The van der Waals surface area contributed by atoms with Gasteiger partial charge in [0.15, 0.2) is 0 Å². The van der Waals surface area contributed by atoms with Gasteiger partial charge in [-0.25, -0.2) is 8.42 Å². The highest BCUT2D eigenvalue weighted by Gasteiger charge is 2.24. The van der Waals surface area contributed by atoms with Crippen molar-refractivity contribution in [1.82, 2.24) is 9.62 Å². The molecular weight excluding hydrogens is 212 g/mol. The lowest BCUT2D eigenvalue weighted by Gasteiger charge is -2.22. The van der Waals surface area contributed by atoms with Gasteiger partial charge in [-0.3, -0.25) is 0 Å². The number of hydrogen-bond acceptors (Lipinski definition) is 3. The molecule has 5 heteroatoms. The molecule has 0 bridgehead atoms. The third kappa shape index (κ3) is 3.29. The summed E-state index contributed by atoms with van der Waals surface area (Å²) in [6, 6.07) is 0.585. The van der Waals surface area contributed by atoms with E-state index in [9.17, 15) is 8.42 Å². The Kier molecular flexibility index (Phi) is 3.43. The standard InChI is InChI=1S/C10H18N2O2S/c13-15(14,9-6-11-10-4-5-10)12-7-2-1-3-8-12/h1-2,10-11H,3-9H2. The van der Waals surface area contributed by atoms with Gasteiger partial charge in [-0.1, -0.05) is 12.2 Å². The van der Waals surface area contributed by atoms with Crippen LogP contribution < -0.4 is 5.32 Å². The molecule has 4 nitrogen and oxygen atoms in total. The lowest BCUT2D eigenvalue weighted by molar-refractivity contribution is 0.436. The molecule has 15 heavy (non-hydrogen) atoms. The molecule has 1 saturated carbocycles. The fourth-order valence-electron chi connectivity index (χ4n) is 1.68. The van der Waals surface area contributed by atoms with Gasteiger partial charge in [-0.15, -0.1) is 0 Å². The molecule has 0 aromatic heterocycles. The Morgan fingerprint density at radius 2 is 2.13 bits per heavy atom. The van der Waals surface area contributed by atoms with E-state index in [-0.39, 0.29) is 5.75 Å². The number of hydrogen-bond donors (Lipinski definition) is 1. The first kappa shape index (κ1) is 11.1. The van der Waals surface area contributed by atoms with Crippen LogP contribution in [0.25, 0.3) is 0 Å². The molecule has 0 spiro atoms. The van der Waals surface area contributed by atoms with Crippen LogP contribution >= 0.6 is 0 Å². The Balaban J connectivity index is 1.79. The van der Waals surface area contributed by atoms with Gasteiger partial charge < -0.3 is 5.32 Å². The number of nitrogens with one attached hydrogen (secondary N) is 1. The van der Waals surface area contributed by atoms with E-state index in [4.69, 9.17) is 0 Å². The van der Waals surface area contributed by atoms with Crippen molar-refractivity contribution in [3.8, 4) is 0 Å². The SMILES string of the molecule is O=S(=O)(CCNC1CC1)N1CC=CCC1. The maximum Gasteiger partial charge on any atom is 0.215 e. The summed E-state index contributed by atoms with van der Waals surface area (Å²) in [4.78, 5) is 0. The summed E-state index contributed by atoms with van der Waals surface area (Å²) >= 11 is 0. The van der Waals surface area contributed by atoms with Crippen molar-refractivity contribution in [2.24, 2.45) is 0 Å². The van der Waals surface area contributed by atoms with Gasteiger partial charge in [0.1, 0.15) is 0 Å². The number of nitrogens with zero attached hydrogens (tertiary/aromatic N) is 1. The van der Waals surface area contributed by atoms with E-state index in [2.05, 4.69) is 5.32 Å². The average molecular weight is 230 g/mol. The van der Waals surface area contributed by atoms with Crippen LogP contribution in [-0.4, -0.2) is 44.2 Å². The van der Waals surface area contributed by atoms with Crippen LogP contribution in [0.3, 0.4) is 0 Å². The molecule has 0 amide bonds. The van der Waals surface area contributed by atoms with Crippen LogP contribution in [0, 0.1) is 0 Å². The molecule has 0 aromatic carbocycles. The first-order valence-corrected chi connectivity index (χ1v) is 7.15. The molecule has 1 heterocycles. The monoisotopic (exact) mass is 230 g/mol. The van der Waals surface area contributed by atoms with E-state index in [1.807, 2.05) is 12.2 Å². The average Bonchev–Trinajstić information content (AvgIpc) is 3.03. The van der Waals surface area contributed by atoms with Crippen molar-refractivity contribution < 1.29 is 8.42 Å². The Morgan fingerprint density at radius 3 is 2.73 bits per heavy atom. The van der Waals surface area contributed by atoms with E-state index in [1.54, 1.807) is 4.31 Å². The molecule has 1 aliphatic carbocycles. The van der Waals surface area contributed by atoms with E-state index in [0.29, 0.717) is 25.7 Å². The second kappa shape index (κ2) is 4.63. The molecule has 0 atom stereocenters. The first-order valence-electron chi connectivity index (χ1n) is 5.55. The highest BCUT2D eigenvalue weighted by molar-refractivity contribution is 7.89. The predicted molar refractivity (Wildman–Crippen MR) is 60.1 cm³/mol. The summed E-state index contributed by atoms with van der Waals surface area (Å²) in [6.45, 7) is 1.78. The van der Waals surface area contributed by atoms with E-state index in [1.165, 1.54) is 12.8 Å². The lowest BCUT2D eigenvalue weighted by Crippen LogP contribution is -2.38. The molecule has 1 fully saturated rings. The van der Waals surface area contributed by atoms with Gasteiger partial charge in [0.25, 0.3) is 0 Å². The summed E-state index contributed by atoms with van der Waals surface area (Å²) in [5.41, 5.74) is 0. The number of rotatable bonds is 5. The van der Waals surface area contributed by atoms with Crippen LogP contribution in [0.1, 0.15) is 19.3 Å². The Hall–Kier alpha value is -0.390. The van der Waals surface area contributed by atoms with Crippen molar-refractivity contribution in [3.63, 3.8) is 0 Å². The van der Waals surface area contributed by atoms with Crippen molar-refractivity contribution >= 4 is 10.0 Å². The fraction of sp³-hybridized carbons (Fsp3) is 0.800. The van der Waals surface area contributed by atoms with Crippen LogP contribution in [0.4, 0.5) is 0 Å². The Labute approximate surface area is 91.4 Å². The largest absolute Gasteiger partial charge is 0.313 e. The summed E-state index contributed by atoms with van der Waals surface area (Å²) in [5, 5.41) is 3.23. The lowest BCUT2D eigenvalue weighted by atomic mass is 10.3. The smallest absolute Gasteiger partial charge is 0.215 e. The quantitative estimate of drug-likeness (QED) is 0.692.